The molecular formula is C23H16F2N2OS. The second-order valence-corrected chi connectivity index (χ2v) is 7.89. The maximum absolute atomic E-state index is 15.0. The molecule has 2 heterocycles. The molecule has 3 nitrogen and oxygen atoms in total. The number of alkyl halides is 2. The first kappa shape index (κ1) is 17.9. The maximum atomic E-state index is 15.0. The zero-order chi connectivity index (χ0) is 19.8. The van der Waals surface area contributed by atoms with E-state index in [2.05, 4.69) is 4.98 Å². The molecule has 144 valence electrons. The van der Waals surface area contributed by atoms with Gasteiger partial charge in [0.05, 0.1) is 0 Å². The van der Waals surface area contributed by atoms with E-state index in [0.29, 0.717) is 34.3 Å². The summed E-state index contributed by atoms with van der Waals surface area (Å²) in [5, 5.41) is -2.51. The van der Waals surface area contributed by atoms with Crippen molar-refractivity contribution < 1.29 is 13.2 Å². The number of fused-ring (bicyclic) bond motifs is 2. The summed E-state index contributed by atoms with van der Waals surface area (Å²) in [6.07, 6.45) is 1.78. The molecule has 0 N–H and O–H groups in total. The summed E-state index contributed by atoms with van der Waals surface area (Å²) < 4.78 is 37.4. The number of aromatic nitrogens is 2. The molecule has 5 aromatic rings. The van der Waals surface area contributed by atoms with Crippen LogP contribution in [-0.2, 0) is 11.8 Å². The van der Waals surface area contributed by atoms with Gasteiger partial charge >= 0.3 is 5.25 Å². The monoisotopic (exact) mass is 406 g/mol. The van der Waals surface area contributed by atoms with Gasteiger partial charge in [-0.05, 0) is 35.5 Å². The van der Waals surface area contributed by atoms with Crippen molar-refractivity contribution in [2.45, 2.75) is 16.7 Å². The fraction of sp³-hybridized carbons (Fsp3) is 0.0870. The Morgan fingerprint density at radius 1 is 0.897 bits per heavy atom. The van der Waals surface area contributed by atoms with Crippen LogP contribution in [0.15, 0.2) is 94.4 Å². The molecule has 0 aliphatic heterocycles. The molecule has 0 fully saturated rings. The SMILES string of the molecule is FC(F)(Sc1cn(Cc2ccccc2)c2ccccc12)c1nc2ccccc2o1. The predicted molar refractivity (Wildman–Crippen MR) is 111 cm³/mol. The Kier molecular flexibility index (Phi) is 4.36. The molecule has 0 amide bonds. The van der Waals surface area contributed by atoms with Crippen LogP contribution in [0.2, 0.25) is 0 Å². The lowest BCUT2D eigenvalue weighted by Crippen LogP contribution is -2.08. The number of nitrogens with zero attached hydrogens (tertiary/aromatic N) is 2. The molecular weight excluding hydrogens is 390 g/mol. The molecule has 29 heavy (non-hydrogen) atoms. The summed E-state index contributed by atoms with van der Waals surface area (Å²) in [5.41, 5.74) is 2.80. The van der Waals surface area contributed by atoms with Crippen LogP contribution in [-0.4, -0.2) is 9.55 Å². The lowest BCUT2D eigenvalue weighted by molar-refractivity contribution is 0.0737. The van der Waals surface area contributed by atoms with Crippen molar-refractivity contribution in [3.63, 3.8) is 0 Å². The summed E-state index contributed by atoms with van der Waals surface area (Å²) >= 11 is 0.465. The molecule has 0 aliphatic rings. The molecule has 2 aromatic heterocycles. The number of thioether (sulfide) groups is 1. The van der Waals surface area contributed by atoms with Crippen molar-refractivity contribution in [1.82, 2.24) is 9.55 Å². The average Bonchev–Trinajstić information content (AvgIpc) is 3.32. The highest BCUT2D eigenvalue weighted by atomic mass is 32.2. The van der Waals surface area contributed by atoms with E-state index in [4.69, 9.17) is 4.42 Å². The van der Waals surface area contributed by atoms with Gasteiger partial charge in [-0.15, -0.1) is 0 Å². The van der Waals surface area contributed by atoms with Crippen molar-refractivity contribution in [3.05, 3.63) is 96.5 Å². The maximum Gasteiger partial charge on any atom is 0.372 e. The highest BCUT2D eigenvalue weighted by Gasteiger charge is 2.40. The standard InChI is InChI=1S/C23H16F2N2OS/c24-23(25,22-26-18-11-5-7-13-20(18)28-22)29-21-15-27(14-16-8-2-1-3-9-16)19-12-6-4-10-17(19)21/h1-13,15H,14H2. The molecule has 0 bridgehead atoms. The van der Waals surface area contributed by atoms with E-state index < -0.39 is 11.1 Å². The molecule has 0 aliphatic carbocycles. The number of benzene rings is 3. The highest BCUT2D eigenvalue weighted by Crippen LogP contribution is 2.47. The van der Waals surface area contributed by atoms with Gasteiger partial charge in [-0.3, -0.25) is 0 Å². The normalized spacial score (nSPS) is 12.1. The molecule has 0 saturated heterocycles. The van der Waals surface area contributed by atoms with Crippen LogP contribution in [0.25, 0.3) is 22.0 Å². The van der Waals surface area contributed by atoms with E-state index in [1.807, 2.05) is 59.2 Å². The van der Waals surface area contributed by atoms with Crippen LogP contribution in [0.5, 0.6) is 0 Å². The minimum Gasteiger partial charge on any atom is -0.434 e. The third-order valence-corrected chi connectivity index (χ3v) is 5.70. The van der Waals surface area contributed by atoms with Gasteiger partial charge in [0.2, 0.25) is 0 Å². The van der Waals surface area contributed by atoms with Gasteiger partial charge in [-0.25, -0.2) is 4.98 Å². The van der Waals surface area contributed by atoms with Gasteiger partial charge < -0.3 is 8.98 Å². The van der Waals surface area contributed by atoms with Gasteiger partial charge in [0, 0.05) is 28.5 Å². The van der Waals surface area contributed by atoms with Crippen molar-refractivity contribution in [3.8, 4) is 0 Å². The van der Waals surface area contributed by atoms with E-state index in [0.717, 1.165) is 16.5 Å². The van der Waals surface area contributed by atoms with Gasteiger partial charge in [0.15, 0.2) is 5.58 Å². The Morgan fingerprint density at radius 2 is 1.62 bits per heavy atom. The fourth-order valence-electron chi connectivity index (χ4n) is 3.38. The van der Waals surface area contributed by atoms with Crippen molar-refractivity contribution >= 4 is 33.8 Å². The molecule has 3 aromatic carbocycles. The molecule has 0 saturated carbocycles. The van der Waals surface area contributed by atoms with Crippen LogP contribution < -0.4 is 0 Å². The summed E-state index contributed by atoms with van der Waals surface area (Å²) in [6.45, 7) is 0.608. The third-order valence-electron chi connectivity index (χ3n) is 4.73. The van der Waals surface area contributed by atoms with Crippen LogP contribution in [0.3, 0.4) is 0 Å². The second kappa shape index (κ2) is 7.04. The van der Waals surface area contributed by atoms with E-state index in [1.54, 1.807) is 30.5 Å². The fourth-order valence-corrected chi connectivity index (χ4v) is 4.30. The van der Waals surface area contributed by atoms with E-state index >= 15 is 8.78 Å². The highest BCUT2D eigenvalue weighted by molar-refractivity contribution is 8.00. The first-order chi connectivity index (χ1) is 14.1. The van der Waals surface area contributed by atoms with Gasteiger partial charge in [0.1, 0.15) is 5.52 Å². The van der Waals surface area contributed by atoms with E-state index in [-0.39, 0.29) is 0 Å². The Labute approximate surface area is 170 Å². The first-order valence-corrected chi connectivity index (χ1v) is 9.96. The smallest absolute Gasteiger partial charge is 0.372 e. The Balaban J connectivity index is 1.52. The summed E-state index contributed by atoms with van der Waals surface area (Å²) in [5.74, 6) is -0.580. The van der Waals surface area contributed by atoms with Crippen LogP contribution >= 0.6 is 11.8 Å². The average molecular weight is 406 g/mol. The molecule has 0 atom stereocenters. The van der Waals surface area contributed by atoms with Gasteiger partial charge in [-0.2, -0.15) is 8.78 Å². The Morgan fingerprint density at radius 3 is 2.45 bits per heavy atom. The Bertz CT molecular complexity index is 1260. The minimum absolute atomic E-state index is 0.356. The number of rotatable bonds is 5. The van der Waals surface area contributed by atoms with E-state index in [1.165, 1.54) is 0 Å². The lowest BCUT2D eigenvalue weighted by Gasteiger charge is -2.10. The molecule has 6 heteroatoms. The first-order valence-electron chi connectivity index (χ1n) is 9.15. The number of oxazole rings is 1. The number of halogens is 2. The molecule has 0 radical (unpaired) electrons. The van der Waals surface area contributed by atoms with Crippen LogP contribution in [0, 0.1) is 0 Å². The topological polar surface area (TPSA) is 31.0 Å². The quantitative estimate of drug-likeness (QED) is 0.305. The predicted octanol–water partition coefficient (Wildman–Crippen LogP) is 6.67. The molecule has 5 rings (SSSR count). The summed E-state index contributed by atoms with van der Waals surface area (Å²) in [6, 6.07) is 24.3. The number of para-hydroxylation sites is 3. The van der Waals surface area contributed by atoms with E-state index in [9.17, 15) is 0 Å². The zero-order valence-electron chi connectivity index (χ0n) is 15.3. The Hall–Kier alpha value is -3.12. The van der Waals surface area contributed by atoms with Crippen molar-refractivity contribution in [2.75, 3.05) is 0 Å². The van der Waals surface area contributed by atoms with Crippen molar-refractivity contribution in [1.29, 1.82) is 0 Å². The third kappa shape index (κ3) is 3.40. The van der Waals surface area contributed by atoms with Gasteiger partial charge in [-0.1, -0.05) is 60.7 Å². The number of hydrogen-bond acceptors (Lipinski definition) is 3. The van der Waals surface area contributed by atoms with Crippen LogP contribution in [0.4, 0.5) is 8.78 Å². The zero-order valence-corrected chi connectivity index (χ0v) is 16.1. The summed E-state index contributed by atoms with van der Waals surface area (Å²) in [4.78, 5) is 4.48. The van der Waals surface area contributed by atoms with Gasteiger partial charge in [0.25, 0.3) is 5.89 Å². The minimum atomic E-state index is -3.29. The summed E-state index contributed by atoms with van der Waals surface area (Å²) in [7, 11) is 0. The number of hydrogen-bond donors (Lipinski definition) is 0. The van der Waals surface area contributed by atoms with Crippen LogP contribution in [0.1, 0.15) is 11.5 Å². The lowest BCUT2D eigenvalue weighted by atomic mass is 10.2. The van der Waals surface area contributed by atoms with Crippen molar-refractivity contribution in [2.24, 2.45) is 0 Å². The largest absolute Gasteiger partial charge is 0.434 e. The molecule has 0 spiro atoms. The second-order valence-electron chi connectivity index (χ2n) is 6.73. The molecule has 0 unspecified atom stereocenters.